The Bertz CT molecular complexity index is 1560. The lowest BCUT2D eigenvalue weighted by Crippen LogP contribution is -2.38. The fraction of sp³-hybridized carbons (Fsp3) is 0.294. The second kappa shape index (κ2) is 15.5. The number of halogens is 12. The molecule has 4 aromatic rings. The highest BCUT2D eigenvalue weighted by Crippen LogP contribution is 2.50. The molecule has 0 fully saturated rings. The Balaban J connectivity index is 1.49. The van der Waals surface area contributed by atoms with Gasteiger partial charge in [-0.25, -0.2) is 0 Å². The average molecular weight is 743 g/mol. The Morgan fingerprint density at radius 3 is 1.14 bits per heavy atom. The lowest BCUT2D eigenvalue weighted by molar-refractivity contribution is -0.141. The summed E-state index contributed by atoms with van der Waals surface area (Å²) >= 11 is -3.69. The topological polar surface area (TPSA) is 41.5 Å². The summed E-state index contributed by atoms with van der Waals surface area (Å²) in [5.41, 5.74) is -2.48. The van der Waals surface area contributed by atoms with E-state index in [4.69, 9.17) is 9.47 Å². The van der Waals surface area contributed by atoms with Crippen LogP contribution in [0.1, 0.15) is 43.9 Å². The third-order valence-electron chi connectivity index (χ3n) is 7.26. The molecule has 0 bridgehead atoms. The molecule has 0 N–H and O–H groups in total. The molecular weight excluding hydrogens is 716 g/mol. The van der Waals surface area contributed by atoms with Crippen molar-refractivity contribution in [1.82, 2.24) is 0 Å². The summed E-state index contributed by atoms with van der Waals surface area (Å²) in [6.07, 6.45) is -19.8. The molecule has 0 saturated heterocycles. The van der Waals surface area contributed by atoms with E-state index in [1.165, 1.54) is 36.4 Å². The highest BCUT2D eigenvalue weighted by molar-refractivity contribution is 7.92. The number of hydrogen-bond acceptors (Lipinski definition) is 3. The van der Waals surface area contributed by atoms with Crippen LogP contribution in [0.4, 0.5) is 52.7 Å². The van der Waals surface area contributed by atoms with E-state index in [0.717, 1.165) is 60.7 Å². The van der Waals surface area contributed by atoms with Crippen molar-refractivity contribution in [2.24, 2.45) is 0 Å². The second-order valence-corrected chi connectivity index (χ2v) is 12.5. The van der Waals surface area contributed by atoms with Gasteiger partial charge in [-0.2, -0.15) is 52.7 Å². The van der Waals surface area contributed by atoms with Gasteiger partial charge in [-0.1, -0.05) is 48.5 Å². The highest BCUT2D eigenvalue weighted by atomic mass is 32.2. The molecule has 0 radical (unpaired) electrons. The Morgan fingerprint density at radius 1 is 0.500 bits per heavy atom. The standard InChI is InChI=1S/C34H26F12O3S/c35-31(36,37)25-11-7-21(8-12-25)15-17-48-27-5-1-3-23(19-27)29(33(41,42)43)50(47)30(34(44,45)46)24-4-2-6-28(20-24)49-18-16-22-9-13-26(14-10-22)32(38,39)40/h1-14,19-20,29-30H,15-18H2. The summed E-state index contributed by atoms with van der Waals surface area (Å²) in [6, 6.07) is 16.1. The zero-order chi connectivity index (χ0) is 36.9. The Morgan fingerprint density at radius 2 is 0.840 bits per heavy atom. The van der Waals surface area contributed by atoms with Crippen LogP contribution in [0.2, 0.25) is 0 Å². The molecule has 270 valence electrons. The molecule has 2 unspecified atom stereocenters. The number of benzene rings is 4. The first kappa shape index (κ1) is 38.7. The minimum atomic E-state index is -5.41. The first-order valence-corrected chi connectivity index (χ1v) is 15.8. The van der Waals surface area contributed by atoms with Crippen LogP contribution in [0.3, 0.4) is 0 Å². The molecule has 2 atom stereocenters. The molecule has 0 aromatic heterocycles. The van der Waals surface area contributed by atoms with Gasteiger partial charge in [0.15, 0.2) is 0 Å². The van der Waals surface area contributed by atoms with E-state index in [2.05, 4.69) is 0 Å². The van der Waals surface area contributed by atoms with E-state index in [1.54, 1.807) is 0 Å². The highest BCUT2D eigenvalue weighted by Gasteiger charge is 2.59. The van der Waals surface area contributed by atoms with Gasteiger partial charge in [0.1, 0.15) is 11.5 Å². The van der Waals surface area contributed by atoms with Crippen molar-refractivity contribution in [1.29, 1.82) is 0 Å². The maximum atomic E-state index is 14.4. The van der Waals surface area contributed by atoms with E-state index < -0.39 is 68.6 Å². The van der Waals surface area contributed by atoms with Crippen LogP contribution in [0, 0.1) is 0 Å². The zero-order valence-electron chi connectivity index (χ0n) is 25.4. The molecule has 0 aliphatic heterocycles. The zero-order valence-corrected chi connectivity index (χ0v) is 26.2. The third kappa shape index (κ3) is 10.5. The number of alkyl halides is 12. The third-order valence-corrected chi connectivity index (χ3v) is 9.27. The molecule has 4 aromatic carbocycles. The predicted octanol–water partition coefficient (Wildman–Crippen LogP) is 10.6. The lowest BCUT2D eigenvalue weighted by atomic mass is 10.1. The maximum absolute atomic E-state index is 14.4. The van der Waals surface area contributed by atoms with Crippen molar-refractivity contribution in [3.8, 4) is 11.5 Å². The van der Waals surface area contributed by atoms with Crippen molar-refractivity contribution in [3.05, 3.63) is 130 Å². The largest absolute Gasteiger partial charge is 0.615 e. The molecule has 0 amide bonds. The minimum absolute atomic E-state index is 0.0515. The summed E-state index contributed by atoms with van der Waals surface area (Å²) in [5.74, 6) is -0.402. The van der Waals surface area contributed by atoms with Crippen molar-refractivity contribution in [3.63, 3.8) is 0 Å². The Hall–Kier alpha value is -4.05. The van der Waals surface area contributed by atoms with Gasteiger partial charge in [0.05, 0.1) is 24.3 Å². The van der Waals surface area contributed by atoms with Crippen LogP contribution in [-0.4, -0.2) is 30.1 Å². The quantitative estimate of drug-likeness (QED) is 0.107. The molecule has 0 spiro atoms. The van der Waals surface area contributed by atoms with E-state index in [-0.39, 0.29) is 37.6 Å². The van der Waals surface area contributed by atoms with E-state index in [9.17, 15) is 57.2 Å². The molecule has 3 nitrogen and oxygen atoms in total. The van der Waals surface area contributed by atoms with Crippen LogP contribution in [0.25, 0.3) is 0 Å². The fourth-order valence-electron chi connectivity index (χ4n) is 4.87. The molecule has 50 heavy (non-hydrogen) atoms. The average Bonchev–Trinajstić information content (AvgIpc) is 3.00. The minimum Gasteiger partial charge on any atom is -0.615 e. The van der Waals surface area contributed by atoms with Crippen molar-refractivity contribution >= 4 is 11.2 Å². The molecule has 16 heteroatoms. The predicted molar refractivity (Wildman–Crippen MR) is 160 cm³/mol. The molecular formula is C34H26F12O3S. The Kier molecular flexibility index (Phi) is 12.0. The second-order valence-electron chi connectivity index (χ2n) is 10.9. The SMILES string of the molecule is [O-][S+](C(c1cccc(OCCc2ccc(C(F)(F)F)cc2)c1)C(F)(F)F)C(c1cccc(OCCc2ccc(C(F)(F)F)cc2)c1)C(F)(F)F. The molecule has 0 aliphatic rings. The van der Waals surface area contributed by atoms with E-state index in [1.807, 2.05) is 0 Å². The molecule has 4 rings (SSSR count). The summed E-state index contributed by atoms with van der Waals surface area (Å²) in [7, 11) is 0. The summed E-state index contributed by atoms with van der Waals surface area (Å²) in [6.45, 7) is -0.406. The number of hydrogen-bond donors (Lipinski definition) is 0. The summed E-state index contributed by atoms with van der Waals surface area (Å²) in [5, 5.41) is -6.23. The van der Waals surface area contributed by atoms with Gasteiger partial charge < -0.3 is 14.0 Å². The first-order chi connectivity index (χ1) is 23.2. The lowest BCUT2D eigenvalue weighted by Gasteiger charge is -2.31. The van der Waals surface area contributed by atoms with Crippen LogP contribution in [0.15, 0.2) is 97.1 Å². The normalized spacial score (nSPS) is 14.6. The van der Waals surface area contributed by atoms with Crippen LogP contribution in [-0.2, 0) is 36.4 Å². The van der Waals surface area contributed by atoms with Crippen molar-refractivity contribution in [2.75, 3.05) is 13.2 Å². The van der Waals surface area contributed by atoms with Gasteiger partial charge in [0.2, 0.25) is 10.5 Å². The van der Waals surface area contributed by atoms with Gasteiger partial charge >= 0.3 is 24.7 Å². The summed E-state index contributed by atoms with van der Waals surface area (Å²) in [4.78, 5) is 0. The van der Waals surface area contributed by atoms with Gasteiger partial charge in [-0.3, -0.25) is 0 Å². The fourth-order valence-corrected chi connectivity index (χ4v) is 6.50. The maximum Gasteiger partial charge on any atom is 0.440 e. The molecule has 0 saturated carbocycles. The van der Waals surface area contributed by atoms with Crippen molar-refractivity contribution < 1.29 is 66.7 Å². The van der Waals surface area contributed by atoms with Gasteiger partial charge in [-0.15, -0.1) is 0 Å². The van der Waals surface area contributed by atoms with E-state index >= 15 is 0 Å². The first-order valence-electron chi connectivity index (χ1n) is 14.5. The van der Waals surface area contributed by atoms with Gasteiger partial charge in [0.25, 0.3) is 0 Å². The molecule has 0 aliphatic carbocycles. The monoisotopic (exact) mass is 742 g/mol. The summed E-state index contributed by atoms with van der Waals surface area (Å²) < 4.78 is 187. The van der Waals surface area contributed by atoms with Gasteiger partial charge in [0, 0.05) is 24.0 Å². The number of ether oxygens (including phenoxy) is 2. The Labute approximate surface area is 281 Å². The van der Waals surface area contributed by atoms with Crippen molar-refractivity contribution in [2.45, 2.75) is 48.0 Å². The molecule has 0 heterocycles. The van der Waals surface area contributed by atoms with Crippen LogP contribution in [0.5, 0.6) is 11.5 Å². The number of rotatable bonds is 12. The van der Waals surface area contributed by atoms with Gasteiger partial charge in [-0.05, 0) is 70.8 Å². The van der Waals surface area contributed by atoms with Crippen LogP contribution >= 0.6 is 0 Å². The smallest absolute Gasteiger partial charge is 0.440 e. The van der Waals surface area contributed by atoms with E-state index in [0.29, 0.717) is 11.1 Å². The van der Waals surface area contributed by atoms with Crippen LogP contribution < -0.4 is 9.47 Å².